The molecule has 2 N–H and O–H groups in total. The first kappa shape index (κ1) is 10.8. The maximum atomic E-state index is 10.8. The third-order valence-corrected chi connectivity index (χ3v) is 2.46. The Morgan fingerprint density at radius 1 is 1.64 bits per heavy atom. The fourth-order valence-corrected chi connectivity index (χ4v) is 1.67. The molecule has 0 unspecified atom stereocenters. The van der Waals surface area contributed by atoms with E-state index < -0.39 is 0 Å². The molecule has 14 heavy (non-hydrogen) atoms. The molecule has 0 aromatic carbocycles. The van der Waals surface area contributed by atoms with Gasteiger partial charge in [-0.1, -0.05) is 6.07 Å². The van der Waals surface area contributed by atoms with Crippen molar-refractivity contribution in [2.45, 2.75) is 11.4 Å². The van der Waals surface area contributed by atoms with Gasteiger partial charge in [-0.25, -0.2) is 4.98 Å². The molecule has 0 fully saturated rings. The van der Waals surface area contributed by atoms with E-state index in [9.17, 15) is 4.79 Å². The van der Waals surface area contributed by atoms with Crippen molar-refractivity contribution in [3.05, 3.63) is 18.2 Å². The SMILES string of the molecule is COC(=O)CCSc1cccc(N)n1. The first-order valence-corrected chi connectivity index (χ1v) is 5.13. The van der Waals surface area contributed by atoms with E-state index in [1.165, 1.54) is 18.9 Å². The lowest BCUT2D eigenvalue weighted by molar-refractivity contribution is -0.140. The molecule has 1 rings (SSSR count). The van der Waals surface area contributed by atoms with Crippen LogP contribution in [0.4, 0.5) is 5.82 Å². The molecule has 0 saturated heterocycles. The van der Waals surface area contributed by atoms with E-state index in [-0.39, 0.29) is 5.97 Å². The zero-order valence-corrected chi connectivity index (χ0v) is 8.71. The monoisotopic (exact) mass is 212 g/mol. The van der Waals surface area contributed by atoms with E-state index in [1.54, 1.807) is 6.07 Å². The first-order valence-electron chi connectivity index (χ1n) is 4.14. The normalized spacial score (nSPS) is 9.79. The van der Waals surface area contributed by atoms with Crippen LogP contribution in [-0.2, 0) is 9.53 Å². The number of carbonyl (C=O) groups is 1. The fourth-order valence-electron chi connectivity index (χ4n) is 0.852. The minimum absolute atomic E-state index is 0.207. The summed E-state index contributed by atoms with van der Waals surface area (Å²) >= 11 is 1.49. The second-order valence-electron chi connectivity index (χ2n) is 2.58. The molecule has 0 saturated carbocycles. The zero-order chi connectivity index (χ0) is 10.4. The van der Waals surface area contributed by atoms with Crippen molar-refractivity contribution in [2.24, 2.45) is 0 Å². The Labute approximate surface area is 86.8 Å². The lowest BCUT2D eigenvalue weighted by Gasteiger charge is -2.00. The second-order valence-corrected chi connectivity index (χ2v) is 3.69. The van der Waals surface area contributed by atoms with Crippen LogP contribution in [0, 0.1) is 0 Å². The predicted octanol–water partition coefficient (Wildman–Crippen LogP) is 1.32. The third-order valence-electron chi connectivity index (χ3n) is 1.53. The van der Waals surface area contributed by atoms with Gasteiger partial charge in [0.1, 0.15) is 5.82 Å². The quantitative estimate of drug-likeness (QED) is 0.602. The summed E-state index contributed by atoms with van der Waals surface area (Å²) in [6, 6.07) is 5.42. The molecule has 1 aromatic rings. The number of nitrogen functional groups attached to an aromatic ring is 1. The van der Waals surface area contributed by atoms with Crippen molar-refractivity contribution in [3.8, 4) is 0 Å². The number of methoxy groups -OCH3 is 1. The molecule has 0 atom stereocenters. The van der Waals surface area contributed by atoms with E-state index in [2.05, 4.69) is 9.72 Å². The summed E-state index contributed by atoms with van der Waals surface area (Å²) in [6.07, 6.45) is 0.387. The van der Waals surface area contributed by atoms with Crippen molar-refractivity contribution >= 4 is 23.5 Å². The molecule has 5 heteroatoms. The Bertz CT molecular complexity index is 317. The summed E-state index contributed by atoms with van der Waals surface area (Å²) < 4.78 is 4.51. The van der Waals surface area contributed by atoms with Crippen molar-refractivity contribution in [1.82, 2.24) is 4.98 Å². The first-order chi connectivity index (χ1) is 6.72. The Kier molecular flexibility index (Phi) is 4.25. The maximum absolute atomic E-state index is 10.8. The van der Waals surface area contributed by atoms with Gasteiger partial charge in [-0.3, -0.25) is 4.79 Å². The number of anilines is 1. The third kappa shape index (κ3) is 3.66. The van der Waals surface area contributed by atoms with Crippen LogP contribution < -0.4 is 5.73 Å². The number of rotatable bonds is 4. The van der Waals surface area contributed by atoms with Crippen LogP contribution in [-0.4, -0.2) is 23.8 Å². The predicted molar refractivity (Wildman–Crippen MR) is 56.0 cm³/mol. The van der Waals surface area contributed by atoms with Crippen LogP contribution in [0.1, 0.15) is 6.42 Å². The van der Waals surface area contributed by atoms with E-state index in [0.717, 1.165) is 5.03 Å². The lowest BCUT2D eigenvalue weighted by Crippen LogP contribution is -2.01. The van der Waals surface area contributed by atoms with Crippen molar-refractivity contribution in [1.29, 1.82) is 0 Å². The van der Waals surface area contributed by atoms with Crippen LogP contribution in [0.5, 0.6) is 0 Å². The highest BCUT2D eigenvalue weighted by atomic mass is 32.2. The van der Waals surface area contributed by atoms with Crippen LogP contribution in [0.3, 0.4) is 0 Å². The number of ether oxygens (including phenoxy) is 1. The molecule has 76 valence electrons. The smallest absolute Gasteiger partial charge is 0.306 e. The highest BCUT2D eigenvalue weighted by Crippen LogP contribution is 2.16. The molecular formula is C9H12N2O2S. The van der Waals surface area contributed by atoms with Gasteiger partial charge in [-0.2, -0.15) is 0 Å². The van der Waals surface area contributed by atoms with Crippen LogP contribution in [0.25, 0.3) is 0 Å². The molecule has 0 spiro atoms. The average molecular weight is 212 g/mol. The Balaban J connectivity index is 2.35. The molecule has 0 bridgehead atoms. The molecule has 0 aliphatic rings. The average Bonchev–Trinajstić information content (AvgIpc) is 2.17. The number of hydrogen-bond donors (Lipinski definition) is 1. The minimum atomic E-state index is -0.207. The van der Waals surface area contributed by atoms with Crippen LogP contribution in [0.2, 0.25) is 0 Å². The largest absolute Gasteiger partial charge is 0.469 e. The maximum Gasteiger partial charge on any atom is 0.306 e. The van der Waals surface area contributed by atoms with E-state index in [1.807, 2.05) is 12.1 Å². The van der Waals surface area contributed by atoms with E-state index >= 15 is 0 Å². The molecule has 0 aliphatic heterocycles. The summed E-state index contributed by atoms with van der Waals surface area (Å²) in [7, 11) is 1.38. The molecular weight excluding hydrogens is 200 g/mol. The van der Waals surface area contributed by atoms with Crippen LogP contribution in [0.15, 0.2) is 23.2 Å². The Hall–Kier alpha value is -1.23. The highest BCUT2D eigenvalue weighted by Gasteiger charge is 2.01. The van der Waals surface area contributed by atoms with E-state index in [0.29, 0.717) is 18.0 Å². The molecule has 1 aromatic heterocycles. The number of pyridine rings is 1. The van der Waals surface area contributed by atoms with Crippen LogP contribution >= 0.6 is 11.8 Å². The molecule has 4 nitrogen and oxygen atoms in total. The zero-order valence-electron chi connectivity index (χ0n) is 7.90. The molecule has 1 heterocycles. The minimum Gasteiger partial charge on any atom is -0.469 e. The summed E-state index contributed by atoms with van der Waals surface area (Å²) in [5, 5.41) is 0.828. The number of nitrogens with two attached hydrogens (primary N) is 1. The summed E-state index contributed by atoms with van der Waals surface area (Å²) in [5.41, 5.74) is 5.50. The number of carbonyl (C=O) groups excluding carboxylic acids is 1. The van der Waals surface area contributed by atoms with Gasteiger partial charge in [0.15, 0.2) is 0 Å². The summed E-state index contributed by atoms with van der Waals surface area (Å²) in [4.78, 5) is 14.9. The Morgan fingerprint density at radius 2 is 2.43 bits per heavy atom. The Morgan fingerprint density at radius 3 is 3.07 bits per heavy atom. The molecule has 0 aliphatic carbocycles. The second kappa shape index (κ2) is 5.49. The summed E-state index contributed by atoms with van der Waals surface area (Å²) in [6.45, 7) is 0. The number of esters is 1. The van der Waals surface area contributed by atoms with E-state index in [4.69, 9.17) is 5.73 Å². The van der Waals surface area contributed by atoms with Gasteiger partial charge >= 0.3 is 5.97 Å². The van der Waals surface area contributed by atoms with Gasteiger partial charge < -0.3 is 10.5 Å². The standard InChI is InChI=1S/C9H12N2O2S/c1-13-9(12)5-6-14-8-4-2-3-7(10)11-8/h2-4H,5-6H2,1H3,(H2,10,11). The lowest BCUT2D eigenvalue weighted by atomic mass is 10.5. The number of hydrogen-bond acceptors (Lipinski definition) is 5. The topological polar surface area (TPSA) is 65.2 Å². The van der Waals surface area contributed by atoms with Gasteiger partial charge in [0.2, 0.25) is 0 Å². The van der Waals surface area contributed by atoms with Crippen molar-refractivity contribution < 1.29 is 9.53 Å². The molecule has 0 amide bonds. The van der Waals surface area contributed by atoms with Gasteiger partial charge in [-0.05, 0) is 12.1 Å². The fraction of sp³-hybridized carbons (Fsp3) is 0.333. The molecule has 0 radical (unpaired) electrons. The number of nitrogens with zero attached hydrogens (tertiary/aromatic N) is 1. The van der Waals surface area contributed by atoms with Gasteiger partial charge in [-0.15, -0.1) is 11.8 Å². The van der Waals surface area contributed by atoms with Gasteiger partial charge in [0.25, 0.3) is 0 Å². The van der Waals surface area contributed by atoms with Gasteiger partial charge in [0, 0.05) is 5.75 Å². The summed E-state index contributed by atoms with van der Waals surface area (Å²) in [5.74, 6) is 0.942. The van der Waals surface area contributed by atoms with Crippen molar-refractivity contribution in [3.63, 3.8) is 0 Å². The number of aromatic nitrogens is 1. The van der Waals surface area contributed by atoms with Crippen molar-refractivity contribution in [2.75, 3.05) is 18.6 Å². The highest BCUT2D eigenvalue weighted by molar-refractivity contribution is 7.99. The number of thioether (sulfide) groups is 1. The van der Waals surface area contributed by atoms with Gasteiger partial charge in [0.05, 0.1) is 18.6 Å².